The summed E-state index contributed by atoms with van der Waals surface area (Å²) in [6, 6.07) is 5.38. The van der Waals surface area contributed by atoms with E-state index in [0.717, 1.165) is 0 Å². The molecule has 0 fully saturated rings. The van der Waals surface area contributed by atoms with E-state index >= 15 is 0 Å². The van der Waals surface area contributed by atoms with Gasteiger partial charge in [-0.25, -0.2) is 0 Å². The molecule has 0 saturated heterocycles. The fraction of sp³-hybridized carbons (Fsp3) is 0.250. The lowest BCUT2D eigenvalue weighted by Gasteiger charge is -2.13. The molecule has 0 amide bonds. The Bertz CT molecular complexity index is 691. The van der Waals surface area contributed by atoms with Gasteiger partial charge in [-0.15, -0.1) is 0 Å². The molecule has 0 aliphatic carbocycles. The molecule has 4 N–H and O–H groups in total. The van der Waals surface area contributed by atoms with Crippen LogP contribution < -0.4 is 4.72 Å². The Morgan fingerprint density at radius 1 is 1.18 bits per heavy atom. The van der Waals surface area contributed by atoms with E-state index in [9.17, 15) is 17.2 Å². The first-order valence-corrected chi connectivity index (χ1v) is 9.00. The van der Waals surface area contributed by atoms with Crippen LogP contribution in [0.2, 0.25) is 0 Å². The van der Waals surface area contributed by atoms with Gasteiger partial charge >= 0.3 is 10.4 Å². The summed E-state index contributed by atoms with van der Waals surface area (Å²) in [5, 5.41) is 8.49. The fourth-order valence-electron chi connectivity index (χ4n) is 1.07. The van der Waals surface area contributed by atoms with Crippen LogP contribution in [0.5, 0.6) is 0 Å². The van der Waals surface area contributed by atoms with Crippen LogP contribution in [0.1, 0.15) is 0 Å². The molecule has 11 nitrogen and oxygen atoms in total. The maximum absolute atomic E-state index is 11.6. The number of hydrogen-bond acceptors (Lipinski definition) is 8. The molecule has 0 radical (unpaired) electrons. The summed E-state index contributed by atoms with van der Waals surface area (Å²) in [4.78, 5) is -0.308. The lowest BCUT2D eigenvalue weighted by molar-refractivity contribution is 0.205. The van der Waals surface area contributed by atoms with E-state index in [1.165, 1.54) is 24.3 Å². The summed E-state index contributed by atoms with van der Waals surface area (Å²) in [7, 11) is -8.76. The lowest BCUT2D eigenvalue weighted by Crippen LogP contribution is -2.13. The molecule has 1 aromatic carbocycles. The maximum atomic E-state index is 11.6. The van der Waals surface area contributed by atoms with Crippen molar-refractivity contribution in [1.82, 2.24) is 0 Å². The van der Waals surface area contributed by atoms with Gasteiger partial charge in [0.2, 0.25) is 0 Å². The maximum Gasteiger partial charge on any atom is 0.394 e. The van der Waals surface area contributed by atoms with Gasteiger partial charge in [0, 0.05) is 11.3 Å². The number of rotatable bonds is 6. The Morgan fingerprint density at radius 2 is 1.68 bits per heavy atom. The van der Waals surface area contributed by atoms with Gasteiger partial charge in [0.1, 0.15) is 4.90 Å². The highest BCUT2D eigenvalue weighted by Crippen LogP contribution is 2.22. The first-order chi connectivity index (χ1) is 9.97. The van der Waals surface area contributed by atoms with Gasteiger partial charge < -0.3 is 14.4 Å². The average Bonchev–Trinajstić information content (AvgIpc) is 2.34. The van der Waals surface area contributed by atoms with Crippen LogP contribution in [0.3, 0.4) is 0 Å². The van der Waals surface area contributed by atoms with Gasteiger partial charge in [-0.3, -0.25) is 17.5 Å². The number of nitrogens with one attached hydrogen (secondary N) is 1. The van der Waals surface area contributed by atoms with Crippen molar-refractivity contribution in [3.8, 4) is 0 Å². The minimum atomic E-state index is -4.67. The van der Waals surface area contributed by atoms with E-state index in [1.807, 2.05) is 4.72 Å². The van der Waals surface area contributed by atoms with E-state index in [1.54, 1.807) is 0 Å². The molecule has 22 heavy (non-hydrogen) atoms. The van der Waals surface area contributed by atoms with Crippen molar-refractivity contribution in [2.75, 3.05) is 17.9 Å². The molecule has 0 aromatic heterocycles. The summed E-state index contributed by atoms with van der Waals surface area (Å²) in [6.07, 6.45) is 0. The summed E-state index contributed by atoms with van der Waals surface area (Å²) >= 11 is -2.64. The molecule has 1 aromatic rings. The number of aliphatic hydroxyl groups excluding tert-OH is 1. The molecule has 1 rings (SSSR count). The predicted octanol–water partition coefficient (Wildman–Crippen LogP) is -1.06. The number of benzene rings is 1. The van der Waals surface area contributed by atoms with E-state index in [0.29, 0.717) is 0 Å². The van der Waals surface area contributed by atoms with Crippen molar-refractivity contribution in [3.63, 3.8) is 0 Å². The molecular weight excluding hydrogens is 366 g/mol. The summed E-state index contributed by atoms with van der Waals surface area (Å²) in [5.41, 5.74) is -0.112. The molecule has 1 atom stereocenters. The topological polar surface area (TPSA) is 190 Å². The molecule has 0 bridgehead atoms. The van der Waals surface area contributed by atoms with Gasteiger partial charge in [0.25, 0.3) is 10.1 Å². The zero-order valence-corrected chi connectivity index (χ0v) is 13.1. The molecule has 0 saturated carbocycles. The van der Waals surface area contributed by atoms with Crippen LogP contribution >= 0.6 is 0 Å². The second-order valence-corrected chi connectivity index (χ2v) is 6.43. The lowest BCUT2D eigenvalue weighted by atomic mass is 10.3. The van der Waals surface area contributed by atoms with E-state index in [-0.39, 0.29) is 10.6 Å². The smallest absolute Gasteiger partial charge is 0.394 e. The Morgan fingerprint density at radius 3 is 2.14 bits per heavy atom. The highest BCUT2D eigenvalue weighted by Gasteiger charge is 2.18. The van der Waals surface area contributed by atoms with Crippen LogP contribution in [0.15, 0.2) is 29.2 Å². The van der Waals surface area contributed by atoms with Gasteiger partial charge in [-0.1, -0.05) is 12.1 Å². The number of hydrogen-bond donors (Lipinski definition) is 4. The van der Waals surface area contributed by atoms with Crippen molar-refractivity contribution in [2.45, 2.75) is 4.90 Å². The second kappa shape index (κ2) is 9.11. The molecule has 0 aliphatic rings. The van der Waals surface area contributed by atoms with Crippen LogP contribution in [0, 0.1) is 0 Å². The third-order valence-corrected chi connectivity index (χ3v) is 3.44. The predicted molar refractivity (Wildman–Crippen MR) is 73.4 cm³/mol. The quantitative estimate of drug-likeness (QED) is 0.269. The summed E-state index contributed by atoms with van der Waals surface area (Å²) < 4.78 is 82.2. The first kappa shape index (κ1) is 20.9. The minimum Gasteiger partial charge on any atom is -0.755 e. The van der Waals surface area contributed by atoms with Gasteiger partial charge in [-0.05, 0) is 12.1 Å². The molecule has 128 valence electrons. The summed E-state index contributed by atoms with van der Waals surface area (Å²) in [6.45, 7) is -0.848. The zero-order valence-electron chi connectivity index (χ0n) is 10.6. The van der Waals surface area contributed by atoms with E-state index in [4.69, 9.17) is 22.6 Å². The summed E-state index contributed by atoms with van der Waals surface area (Å²) in [5.74, 6) is 0. The van der Waals surface area contributed by atoms with Crippen LogP contribution in [0.4, 0.5) is 5.69 Å². The Kier molecular flexibility index (Phi) is 8.64. The van der Waals surface area contributed by atoms with E-state index in [2.05, 4.69) is 4.18 Å². The number of anilines is 1. The first-order valence-electron chi connectivity index (χ1n) is 5.12. The molecule has 0 heterocycles. The molecule has 14 heteroatoms. The monoisotopic (exact) mass is 378 g/mol. The van der Waals surface area contributed by atoms with Crippen LogP contribution in [0.25, 0.3) is 0 Å². The normalized spacial score (nSPS) is 12.9. The van der Waals surface area contributed by atoms with Crippen molar-refractivity contribution < 1.29 is 44.0 Å². The second-order valence-electron chi connectivity index (χ2n) is 3.28. The number of para-hydroxylation sites is 1. The largest absolute Gasteiger partial charge is 0.755 e. The Labute approximate surface area is 129 Å². The van der Waals surface area contributed by atoms with Crippen molar-refractivity contribution in [3.05, 3.63) is 24.3 Å². The molecule has 0 spiro atoms. The Balaban J connectivity index is 0.000000763. The third-order valence-electron chi connectivity index (χ3n) is 1.68. The average molecular weight is 378 g/mol. The van der Waals surface area contributed by atoms with Gasteiger partial charge in [0.15, 0.2) is 0 Å². The number of aliphatic hydroxyl groups is 1. The highest BCUT2D eigenvalue weighted by molar-refractivity contribution is 7.87. The van der Waals surface area contributed by atoms with Crippen molar-refractivity contribution in [2.24, 2.45) is 0 Å². The molecular formula is C8H12NO10S3-. The van der Waals surface area contributed by atoms with Crippen molar-refractivity contribution >= 4 is 37.5 Å². The fourth-order valence-corrected chi connectivity index (χ4v) is 2.55. The zero-order chi connectivity index (χ0) is 17.4. The SMILES string of the molecule is O=S(=O)(O)O.O=S([O-])Nc1ccccc1S(=O)(=O)OCCO. The molecule has 1 unspecified atom stereocenters. The highest BCUT2D eigenvalue weighted by atomic mass is 32.3. The minimum absolute atomic E-state index is 0.112. The van der Waals surface area contributed by atoms with Crippen molar-refractivity contribution in [1.29, 1.82) is 0 Å². The van der Waals surface area contributed by atoms with Gasteiger partial charge in [-0.2, -0.15) is 16.8 Å². The third kappa shape index (κ3) is 9.74. The van der Waals surface area contributed by atoms with Crippen LogP contribution in [-0.2, 0) is 36.0 Å². The standard InChI is InChI=1S/C8H11NO6S2.H2O4S/c10-5-6-15-17(13,14)8-4-2-1-3-7(8)9-16(11)12;1-5(2,3)4/h1-4,9-10H,5-6H2,(H,11,12);(H2,1,2,3,4)/p-1. The van der Waals surface area contributed by atoms with E-state index < -0.39 is 45.0 Å². The Hall–Kier alpha value is -1.13. The van der Waals surface area contributed by atoms with Crippen LogP contribution in [-0.4, -0.2) is 53.0 Å². The van der Waals surface area contributed by atoms with Gasteiger partial charge in [0.05, 0.1) is 18.9 Å². The molecule has 0 aliphatic heterocycles.